The van der Waals surface area contributed by atoms with Gasteiger partial charge in [0.1, 0.15) is 11.6 Å². The van der Waals surface area contributed by atoms with Crippen molar-refractivity contribution in [1.82, 2.24) is 9.97 Å². The summed E-state index contributed by atoms with van der Waals surface area (Å²) >= 11 is 0. The van der Waals surface area contributed by atoms with E-state index in [1.165, 1.54) is 30.3 Å². The van der Waals surface area contributed by atoms with E-state index in [2.05, 4.69) is 25.3 Å². The van der Waals surface area contributed by atoms with Crippen LogP contribution in [0.5, 0.6) is 5.75 Å². The van der Waals surface area contributed by atoms with Crippen LogP contribution in [-0.4, -0.2) is 39.5 Å². The zero-order chi connectivity index (χ0) is 23.8. The van der Waals surface area contributed by atoms with Crippen LogP contribution in [0.3, 0.4) is 0 Å². The minimum absolute atomic E-state index is 0.0403. The normalized spacial score (nSPS) is 11.2. The number of nitro groups is 1. The van der Waals surface area contributed by atoms with Crippen LogP contribution in [0.2, 0.25) is 0 Å². The SMILES string of the molecule is O=[N+]([O-])c1cccc(CNc2cc(-c3cccc(OC(F)(F)F)c3)nc(NCCCO)n2)c1. The van der Waals surface area contributed by atoms with Crippen molar-refractivity contribution in [2.45, 2.75) is 19.3 Å². The summed E-state index contributed by atoms with van der Waals surface area (Å²) in [7, 11) is 0. The van der Waals surface area contributed by atoms with Crippen molar-refractivity contribution in [3.63, 3.8) is 0 Å². The number of benzene rings is 2. The Hall–Kier alpha value is -3.93. The van der Waals surface area contributed by atoms with Gasteiger partial charge in [-0.1, -0.05) is 24.3 Å². The molecular formula is C21H20F3N5O4. The molecule has 33 heavy (non-hydrogen) atoms. The summed E-state index contributed by atoms with van der Waals surface area (Å²) in [6, 6.07) is 13.0. The van der Waals surface area contributed by atoms with E-state index in [1.54, 1.807) is 24.3 Å². The lowest BCUT2D eigenvalue weighted by molar-refractivity contribution is -0.384. The van der Waals surface area contributed by atoms with Crippen molar-refractivity contribution >= 4 is 17.5 Å². The molecular weight excluding hydrogens is 443 g/mol. The number of nitrogens with zero attached hydrogens (tertiary/aromatic N) is 3. The first kappa shape index (κ1) is 23.7. The Balaban J connectivity index is 1.87. The summed E-state index contributed by atoms with van der Waals surface area (Å²) in [5.41, 5.74) is 1.28. The Morgan fingerprint density at radius 1 is 1.06 bits per heavy atom. The Bertz CT molecular complexity index is 1110. The average Bonchev–Trinajstić information content (AvgIpc) is 2.77. The highest BCUT2D eigenvalue weighted by molar-refractivity contribution is 5.66. The van der Waals surface area contributed by atoms with Gasteiger partial charge in [-0.3, -0.25) is 10.1 Å². The fraction of sp³-hybridized carbons (Fsp3) is 0.238. The first-order valence-electron chi connectivity index (χ1n) is 9.81. The van der Waals surface area contributed by atoms with Crippen LogP contribution in [0.4, 0.5) is 30.6 Å². The van der Waals surface area contributed by atoms with Gasteiger partial charge in [-0.05, 0) is 24.1 Å². The van der Waals surface area contributed by atoms with Gasteiger partial charge < -0.3 is 20.5 Å². The molecule has 0 aliphatic carbocycles. The quantitative estimate of drug-likeness (QED) is 0.230. The van der Waals surface area contributed by atoms with E-state index in [0.717, 1.165) is 0 Å². The number of aliphatic hydroxyl groups excluding tert-OH is 1. The second-order valence-electron chi connectivity index (χ2n) is 6.82. The Morgan fingerprint density at radius 2 is 1.85 bits per heavy atom. The third kappa shape index (κ3) is 7.31. The molecule has 0 atom stereocenters. The number of rotatable bonds is 10. The van der Waals surface area contributed by atoms with Gasteiger partial charge in [0, 0.05) is 43.5 Å². The molecule has 1 aromatic heterocycles. The summed E-state index contributed by atoms with van der Waals surface area (Å²) < 4.78 is 41.7. The number of ether oxygens (including phenoxy) is 1. The molecule has 3 rings (SSSR count). The molecule has 3 N–H and O–H groups in total. The number of alkyl halides is 3. The van der Waals surface area contributed by atoms with Gasteiger partial charge >= 0.3 is 6.36 Å². The zero-order valence-electron chi connectivity index (χ0n) is 17.2. The van der Waals surface area contributed by atoms with E-state index in [4.69, 9.17) is 5.11 Å². The minimum atomic E-state index is -4.83. The van der Waals surface area contributed by atoms with Gasteiger partial charge in [0.15, 0.2) is 0 Å². The fourth-order valence-electron chi connectivity index (χ4n) is 2.87. The molecule has 1 heterocycles. The molecule has 0 aliphatic rings. The molecule has 2 aromatic carbocycles. The van der Waals surface area contributed by atoms with E-state index in [9.17, 15) is 23.3 Å². The number of hydrogen-bond donors (Lipinski definition) is 3. The lowest BCUT2D eigenvalue weighted by Gasteiger charge is -2.13. The van der Waals surface area contributed by atoms with Crippen molar-refractivity contribution in [2.75, 3.05) is 23.8 Å². The number of aliphatic hydroxyl groups is 1. The van der Waals surface area contributed by atoms with Crippen molar-refractivity contribution in [3.05, 3.63) is 70.3 Å². The highest BCUT2D eigenvalue weighted by atomic mass is 19.4. The first-order valence-corrected chi connectivity index (χ1v) is 9.81. The van der Waals surface area contributed by atoms with Crippen LogP contribution in [0.15, 0.2) is 54.6 Å². The van der Waals surface area contributed by atoms with Gasteiger partial charge in [0.2, 0.25) is 5.95 Å². The number of non-ortho nitro benzene ring substituents is 1. The molecule has 0 unspecified atom stereocenters. The lowest BCUT2D eigenvalue weighted by Crippen LogP contribution is -2.17. The third-order valence-electron chi connectivity index (χ3n) is 4.30. The second-order valence-corrected chi connectivity index (χ2v) is 6.82. The second kappa shape index (κ2) is 10.6. The van der Waals surface area contributed by atoms with Crippen molar-refractivity contribution in [1.29, 1.82) is 0 Å². The molecule has 3 aromatic rings. The van der Waals surface area contributed by atoms with Crippen molar-refractivity contribution < 1.29 is 27.9 Å². The van der Waals surface area contributed by atoms with Crippen LogP contribution in [0.1, 0.15) is 12.0 Å². The fourth-order valence-corrected chi connectivity index (χ4v) is 2.87. The van der Waals surface area contributed by atoms with Gasteiger partial charge in [0.25, 0.3) is 5.69 Å². The van der Waals surface area contributed by atoms with E-state index < -0.39 is 11.3 Å². The van der Waals surface area contributed by atoms with Crippen LogP contribution >= 0.6 is 0 Å². The molecule has 0 amide bonds. The van der Waals surface area contributed by atoms with Crippen LogP contribution < -0.4 is 15.4 Å². The van der Waals surface area contributed by atoms with E-state index in [0.29, 0.717) is 35.6 Å². The van der Waals surface area contributed by atoms with Gasteiger partial charge in [0.05, 0.1) is 10.6 Å². The van der Waals surface area contributed by atoms with Crippen LogP contribution in [-0.2, 0) is 6.54 Å². The highest BCUT2D eigenvalue weighted by Crippen LogP contribution is 2.29. The number of hydrogen-bond acceptors (Lipinski definition) is 8. The minimum Gasteiger partial charge on any atom is -0.406 e. The number of halogens is 3. The number of nitro benzene ring substituents is 1. The molecule has 0 saturated heterocycles. The lowest BCUT2D eigenvalue weighted by atomic mass is 10.1. The molecule has 12 heteroatoms. The summed E-state index contributed by atoms with van der Waals surface area (Å²) in [4.78, 5) is 19.1. The number of aromatic nitrogens is 2. The summed E-state index contributed by atoms with van der Waals surface area (Å²) in [5.74, 6) is 0.157. The molecule has 9 nitrogen and oxygen atoms in total. The monoisotopic (exact) mass is 463 g/mol. The average molecular weight is 463 g/mol. The molecule has 0 aliphatic heterocycles. The highest BCUT2D eigenvalue weighted by Gasteiger charge is 2.31. The van der Waals surface area contributed by atoms with E-state index >= 15 is 0 Å². The molecule has 0 fully saturated rings. The summed E-state index contributed by atoms with van der Waals surface area (Å²) in [5, 5.41) is 25.9. The van der Waals surface area contributed by atoms with Crippen molar-refractivity contribution in [3.8, 4) is 17.0 Å². The Morgan fingerprint density at radius 3 is 2.58 bits per heavy atom. The standard InChI is InChI=1S/C21H20F3N5O4/c22-21(23,24)33-17-7-2-5-15(11-17)18-12-19(28-20(27-18)25-8-3-9-30)26-13-14-4-1-6-16(10-14)29(31)32/h1-2,4-7,10-12,30H,3,8-9,13H2,(H2,25,26,27,28). The summed E-state index contributed by atoms with van der Waals surface area (Å²) in [6.45, 7) is 0.550. The van der Waals surface area contributed by atoms with E-state index in [-0.39, 0.29) is 30.5 Å². The Labute approximate surface area is 186 Å². The van der Waals surface area contributed by atoms with Gasteiger partial charge in [-0.2, -0.15) is 4.98 Å². The molecule has 0 spiro atoms. The predicted molar refractivity (Wildman–Crippen MR) is 115 cm³/mol. The maximum atomic E-state index is 12.6. The third-order valence-corrected chi connectivity index (χ3v) is 4.30. The zero-order valence-corrected chi connectivity index (χ0v) is 17.2. The molecule has 174 valence electrons. The maximum absolute atomic E-state index is 12.6. The number of nitrogens with one attached hydrogen (secondary N) is 2. The molecule has 0 radical (unpaired) electrons. The first-order chi connectivity index (χ1) is 15.7. The van der Waals surface area contributed by atoms with E-state index in [1.807, 2.05) is 0 Å². The van der Waals surface area contributed by atoms with Crippen molar-refractivity contribution in [2.24, 2.45) is 0 Å². The maximum Gasteiger partial charge on any atom is 0.573 e. The van der Waals surface area contributed by atoms with Gasteiger partial charge in [-0.25, -0.2) is 4.98 Å². The summed E-state index contributed by atoms with van der Waals surface area (Å²) in [6.07, 6.45) is -4.38. The smallest absolute Gasteiger partial charge is 0.406 e. The van der Waals surface area contributed by atoms with Crippen LogP contribution in [0, 0.1) is 10.1 Å². The van der Waals surface area contributed by atoms with Crippen LogP contribution in [0.25, 0.3) is 11.3 Å². The largest absolute Gasteiger partial charge is 0.573 e. The predicted octanol–water partition coefficient (Wildman–Crippen LogP) is 4.36. The topological polar surface area (TPSA) is 122 Å². The number of anilines is 2. The molecule has 0 saturated carbocycles. The Kier molecular flexibility index (Phi) is 7.61. The van der Waals surface area contributed by atoms with Gasteiger partial charge in [-0.15, -0.1) is 13.2 Å². The molecule has 0 bridgehead atoms.